The quantitative estimate of drug-likeness (QED) is 0.170. The molecule has 10 heteroatoms. The minimum Gasteiger partial charge on any atom is -0.384 e. The predicted molar refractivity (Wildman–Crippen MR) is 149 cm³/mol. The molecule has 2 heterocycles. The topological polar surface area (TPSA) is 123 Å². The number of nitrogens with one attached hydrogen (secondary N) is 3. The normalized spacial score (nSPS) is 13.7. The van der Waals surface area contributed by atoms with Crippen LogP contribution < -0.4 is 26.2 Å². The Labute approximate surface area is 216 Å². The van der Waals surface area contributed by atoms with Gasteiger partial charge < -0.3 is 26.2 Å². The molecule has 0 radical (unpaired) electrons. The van der Waals surface area contributed by atoms with E-state index in [-0.39, 0.29) is 10.4 Å². The number of ketones is 1. The fraction of sp³-hybridized carbons (Fsp3) is 0.520. The molecule has 1 saturated heterocycles. The van der Waals surface area contributed by atoms with Crippen LogP contribution in [0.2, 0.25) is 0 Å². The highest BCUT2D eigenvalue weighted by Crippen LogP contribution is 2.28. The number of hydrogen-bond donors (Lipinski definition) is 4. The molecule has 9 nitrogen and oxygen atoms in total. The molecule has 0 bridgehead atoms. The molecule has 0 amide bonds. The minimum absolute atomic E-state index is 0.175. The maximum absolute atomic E-state index is 12.7. The lowest BCUT2D eigenvalue weighted by atomic mass is 10.0. The number of unbranched alkanes of at least 4 members (excludes halogenated alkanes) is 1. The fourth-order valence-electron chi connectivity index (χ4n) is 4.17. The Balaban J connectivity index is 1.72. The molecule has 0 aliphatic carbocycles. The number of nitrogens with zero attached hydrogens (tertiary/aromatic N) is 4. The van der Waals surface area contributed by atoms with Gasteiger partial charge in [0.15, 0.2) is 5.78 Å². The highest BCUT2D eigenvalue weighted by Gasteiger charge is 2.24. The molecule has 190 valence electrons. The summed E-state index contributed by atoms with van der Waals surface area (Å²) >= 11 is 3.22. The van der Waals surface area contributed by atoms with Crippen molar-refractivity contribution in [2.75, 3.05) is 66.7 Å². The summed E-state index contributed by atoms with van der Waals surface area (Å²) < 4.78 is 0.176. The number of nitrogens with two attached hydrogens (primary N) is 1. The molecule has 0 saturated carbocycles. The number of carbonyl (C=O) groups is 1. The first-order valence-electron chi connectivity index (χ1n) is 12.4. The van der Waals surface area contributed by atoms with Crippen LogP contribution in [0.1, 0.15) is 55.5 Å². The van der Waals surface area contributed by atoms with Gasteiger partial charge in [0.1, 0.15) is 22.6 Å². The molecule has 2 aromatic rings. The molecule has 0 atom stereocenters. The zero-order valence-electron chi connectivity index (χ0n) is 20.7. The van der Waals surface area contributed by atoms with Crippen LogP contribution in [0.25, 0.3) is 0 Å². The monoisotopic (exact) mass is 544 g/mol. The van der Waals surface area contributed by atoms with Gasteiger partial charge in [0, 0.05) is 62.6 Å². The maximum atomic E-state index is 12.7. The first-order valence-corrected chi connectivity index (χ1v) is 13.2. The van der Waals surface area contributed by atoms with Crippen molar-refractivity contribution in [1.82, 2.24) is 15.3 Å². The summed E-state index contributed by atoms with van der Waals surface area (Å²) in [7, 11) is 0. The van der Waals surface area contributed by atoms with Crippen molar-refractivity contribution in [1.29, 1.82) is 5.41 Å². The van der Waals surface area contributed by atoms with Gasteiger partial charge in [0.05, 0.1) is 5.56 Å². The Morgan fingerprint density at radius 1 is 1.06 bits per heavy atom. The Morgan fingerprint density at radius 3 is 2.49 bits per heavy atom. The number of halogens is 1. The average molecular weight is 546 g/mol. The van der Waals surface area contributed by atoms with E-state index in [0.717, 1.165) is 69.2 Å². The molecule has 1 aliphatic rings. The van der Waals surface area contributed by atoms with E-state index in [0.29, 0.717) is 23.6 Å². The van der Waals surface area contributed by atoms with Crippen molar-refractivity contribution >= 4 is 49.3 Å². The minimum atomic E-state index is 0.175. The van der Waals surface area contributed by atoms with E-state index in [2.05, 4.69) is 59.3 Å². The highest BCUT2D eigenvalue weighted by atomic mass is 79.9. The second-order valence-electron chi connectivity index (χ2n) is 8.72. The van der Waals surface area contributed by atoms with Crippen molar-refractivity contribution < 1.29 is 4.79 Å². The summed E-state index contributed by atoms with van der Waals surface area (Å²) in [5.41, 5.74) is 9.30. The van der Waals surface area contributed by atoms with Crippen molar-refractivity contribution in [2.45, 2.75) is 39.5 Å². The van der Waals surface area contributed by atoms with Crippen LogP contribution >= 0.6 is 15.9 Å². The number of piperazine rings is 1. The number of rotatable bonds is 13. The fourth-order valence-corrected chi connectivity index (χ4v) is 4.55. The molecule has 1 fully saturated rings. The number of Topliss-reactive ketones (excluding diaryl/α,β-unsaturated/α-hetero) is 1. The molecule has 0 unspecified atom stereocenters. The number of carbonyl (C=O) groups excluding carboxylic acids is 1. The molecular formula is C25H37BrN8O. The first kappa shape index (κ1) is 26.9. The Bertz CT molecular complexity index is 1010. The Hall–Kier alpha value is -2.72. The molecule has 0 spiro atoms. The molecule has 5 N–H and O–H groups in total. The maximum Gasteiger partial charge on any atom is 0.163 e. The van der Waals surface area contributed by atoms with Gasteiger partial charge in [0.2, 0.25) is 0 Å². The van der Waals surface area contributed by atoms with Crippen LogP contribution in [-0.2, 0) is 0 Å². The second kappa shape index (κ2) is 13.4. The summed E-state index contributed by atoms with van der Waals surface area (Å²) in [6.07, 6.45) is 5.18. The van der Waals surface area contributed by atoms with E-state index >= 15 is 0 Å². The summed E-state index contributed by atoms with van der Waals surface area (Å²) in [5, 5.41) is 14.9. The average Bonchev–Trinajstić information content (AvgIpc) is 2.86. The summed E-state index contributed by atoms with van der Waals surface area (Å²) in [6, 6.07) is 6.12. The molecule has 1 aromatic heterocycles. The van der Waals surface area contributed by atoms with Crippen molar-refractivity contribution in [3.05, 3.63) is 35.7 Å². The van der Waals surface area contributed by atoms with E-state index in [9.17, 15) is 4.79 Å². The van der Waals surface area contributed by atoms with Gasteiger partial charge in [-0.2, -0.15) is 0 Å². The zero-order valence-corrected chi connectivity index (χ0v) is 22.3. The Morgan fingerprint density at radius 2 is 1.80 bits per heavy atom. The number of nitrogen functional groups attached to an aromatic ring is 1. The molecule has 35 heavy (non-hydrogen) atoms. The van der Waals surface area contributed by atoms with E-state index in [1.807, 2.05) is 19.1 Å². The van der Waals surface area contributed by atoms with Crippen LogP contribution in [-0.4, -0.2) is 66.2 Å². The molecule has 1 aromatic carbocycles. The zero-order chi connectivity index (χ0) is 25.2. The van der Waals surface area contributed by atoms with Gasteiger partial charge in [-0.25, -0.2) is 9.97 Å². The predicted octanol–water partition coefficient (Wildman–Crippen LogP) is 3.89. The summed E-state index contributed by atoms with van der Waals surface area (Å²) in [6.45, 7) is 9.91. The lowest BCUT2D eigenvalue weighted by molar-refractivity contribution is 0.0982. The summed E-state index contributed by atoms with van der Waals surface area (Å²) in [4.78, 5) is 25.6. The van der Waals surface area contributed by atoms with E-state index in [4.69, 9.17) is 11.1 Å². The molecular weight excluding hydrogens is 508 g/mol. The van der Waals surface area contributed by atoms with Crippen LogP contribution in [0.4, 0.5) is 23.0 Å². The van der Waals surface area contributed by atoms with Gasteiger partial charge in [-0.05, 0) is 53.5 Å². The number of hydrogen-bond acceptors (Lipinski definition) is 9. The van der Waals surface area contributed by atoms with E-state index in [1.165, 1.54) is 19.2 Å². The van der Waals surface area contributed by atoms with Gasteiger partial charge in [0.25, 0.3) is 0 Å². The van der Waals surface area contributed by atoms with Crippen molar-refractivity contribution in [2.24, 2.45) is 0 Å². The van der Waals surface area contributed by atoms with Crippen LogP contribution in [0.3, 0.4) is 0 Å². The third-order valence-electron chi connectivity index (χ3n) is 6.08. The Kier molecular flexibility index (Phi) is 10.3. The van der Waals surface area contributed by atoms with Crippen LogP contribution in [0, 0.1) is 5.41 Å². The van der Waals surface area contributed by atoms with Crippen LogP contribution in [0.15, 0.2) is 24.5 Å². The standard InChI is InChI=1S/C25H37BrN8O/c1-3-5-7-29-8-9-30-19-14-18(21(35)6-4-2)15-20(16-19)33-10-12-34(13-11-33)25-22(23(26)27)24(28)31-17-32-25/h14-17,27,29-30H,3-13H2,1-2H3,(H2,28,31,32). The lowest BCUT2D eigenvalue weighted by Crippen LogP contribution is -2.47. The lowest BCUT2D eigenvalue weighted by Gasteiger charge is -2.37. The second-order valence-corrected chi connectivity index (χ2v) is 9.51. The third-order valence-corrected chi connectivity index (χ3v) is 6.47. The van der Waals surface area contributed by atoms with Gasteiger partial charge in [-0.3, -0.25) is 10.2 Å². The number of anilines is 4. The van der Waals surface area contributed by atoms with Gasteiger partial charge in [-0.15, -0.1) is 0 Å². The number of aromatic nitrogens is 2. The SMILES string of the molecule is CCCCNCCNc1cc(C(=O)CCC)cc(N2CCN(c3ncnc(N)c3C(=N)Br)CC2)c1. The van der Waals surface area contributed by atoms with Gasteiger partial charge in [-0.1, -0.05) is 20.3 Å². The largest absolute Gasteiger partial charge is 0.384 e. The van der Waals surface area contributed by atoms with E-state index in [1.54, 1.807) is 0 Å². The van der Waals surface area contributed by atoms with Crippen molar-refractivity contribution in [3.8, 4) is 0 Å². The van der Waals surface area contributed by atoms with Gasteiger partial charge >= 0.3 is 0 Å². The molecule has 3 rings (SSSR count). The number of benzene rings is 1. The van der Waals surface area contributed by atoms with Crippen molar-refractivity contribution in [3.63, 3.8) is 0 Å². The smallest absolute Gasteiger partial charge is 0.163 e. The molecule has 1 aliphatic heterocycles. The summed E-state index contributed by atoms with van der Waals surface area (Å²) in [5.74, 6) is 1.14. The van der Waals surface area contributed by atoms with Crippen LogP contribution in [0.5, 0.6) is 0 Å². The first-order chi connectivity index (χ1) is 16.9. The highest BCUT2D eigenvalue weighted by molar-refractivity contribution is 9.18. The third kappa shape index (κ3) is 7.38. The van der Waals surface area contributed by atoms with E-state index < -0.39 is 0 Å².